The van der Waals surface area contributed by atoms with Gasteiger partial charge in [-0.15, -0.1) is 0 Å². The van der Waals surface area contributed by atoms with Crippen molar-refractivity contribution in [2.45, 2.75) is 6.92 Å². The van der Waals surface area contributed by atoms with Crippen LogP contribution in [-0.2, 0) is 4.79 Å². The lowest BCUT2D eigenvalue weighted by Gasteiger charge is -2.10. The van der Waals surface area contributed by atoms with Crippen LogP contribution in [0.4, 0.5) is 34.1 Å². The van der Waals surface area contributed by atoms with E-state index in [1.165, 1.54) is 6.92 Å². The van der Waals surface area contributed by atoms with Gasteiger partial charge in [0.1, 0.15) is 0 Å². The second-order valence-electron chi connectivity index (χ2n) is 5.71. The van der Waals surface area contributed by atoms with Crippen LogP contribution >= 0.6 is 0 Å². The van der Waals surface area contributed by atoms with Gasteiger partial charge in [0.25, 0.3) is 0 Å². The largest absolute Gasteiger partial charge is 0.399 e. The number of nitrogen functional groups attached to an aromatic ring is 1. The molecule has 3 rings (SSSR count). The number of carbonyl (C=O) groups is 1. The molecule has 3 aromatic carbocycles. The first-order chi connectivity index (χ1) is 12.1. The topological polar surface area (TPSA) is 79.2 Å². The maximum absolute atomic E-state index is 11.0. The molecule has 5 heteroatoms. The highest BCUT2D eigenvalue weighted by Crippen LogP contribution is 2.23. The van der Waals surface area contributed by atoms with Crippen LogP contribution in [0.2, 0.25) is 0 Å². The van der Waals surface area contributed by atoms with Gasteiger partial charge in [-0.1, -0.05) is 0 Å². The summed E-state index contributed by atoms with van der Waals surface area (Å²) in [6.45, 7) is 1.49. The summed E-state index contributed by atoms with van der Waals surface area (Å²) in [6.07, 6.45) is 0. The zero-order valence-corrected chi connectivity index (χ0v) is 13.9. The van der Waals surface area contributed by atoms with Crippen LogP contribution in [0.25, 0.3) is 0 Å². The highest BCUT2D eigenvalue weighted by atomic mass is 16.1. The fourth-order valence-corrected chi connectivity index (χ4v) is 2.38. The van der Waals surface area contributed by atoms with Crippen LogP contribution in [-0.4, -0.2) is 5.91 Å². The zero-order valence-electron chi connectivity index (χ0n) is 13.9. The molecule has 0 aliphatic heterocycles. The summed E-state index contributed by atoms with van der Waals surface area (Å²) in [7, 11) is 0. The summed E-state index contributed by atoms with van der Waals surface area (Å²) in [5.74, 6) is -0.0788. The Kier molecular flexibility index (Phi) is 4.85. The van der Waals surface area contributed by atoms with E-state index in [-0.39, 0.29) is 5.91 Å². The molecular weight excluding hydrogens is 312 g/mol. The van der Waals surface area contributed by atoms with Crippen LogP contribution in [0, 0.1) is 0 Å². The van der Waals surface area contributed by atoms with Crippen molar-refractivity contribution >= 4 is 40.0 Å². The van der Waals surface area contributed by atoms with Crippen LogP contribution in [0.15, 0.2) is 72.8 Å². The highest BCUT2D eigenvalue weighted by molar-refractivity contribution is 5.88. The van der Waals surface area contributed by atoms with Crippen LogP contribution in [0.1, 0.15) is 6.92 Å². The Bertz CT molecular complexity index is 840. The van der Waals surface area contributed by atoms with E-state index in [0.29, 0.717) is 0 Å². The number of carbonyl (C=O) groups excluding carboxylic acids is 1. The summed E-state index contributed by atoms with van der Waals surface area (Å²) in [5.41, 5.74) is 11.1. The van der Waals surface area contributed by atoms with Crippen molar-refractivity contribution in [1.82, 2.24) is 0 Å². The fourth-order valence-electron chi connectivity index (χ4n) is 2.38. The van der Waals surface area contributed by atoms with E-state index < -0.39 is 0 Å². The molecule has 0 aromatic heterocycles. The van der Waals surface area contributed by atoms with Gasteiger partial charge in [0, 0.05) is 41.0 Å². The molecule has 0 spiro atoms. The van der Waals surface area contributed by atoms with Crippen molar-refractivity contribution in [3.63, 3.8) is 0 Å². The molecule has 5 N–H and O–H groups in total. The molecular formula is C20H20N4O. The molecule has 1 amide bonds. The van der Waals surface area contributed by atoms with Gasteiger partial charge in [0.05, 0.1) is 0 Å². The monoisotopic (exact) mass is 332 g/mol. The van der Waals surface area contributed by atoms with E-state index in [1.54, 1.807) is 0 Å². The van der Waals surface area contributed by atoms with Gasteiger partial charge >= 0.3 is 0 Å². The Hall–Kier alpha value is -3.47. The van der Waals surface area contributed by atoms with Crippen LogP contribution in [0.3, 0.4) is 0 Å². The maximum Gasteiger partial charge on any atom is 0.221 e. The number of nitrogens with two attached hydrogens (primary N) is 1. The SMILES string of the molecule is CC(=O)Nc1ccc(Nc2ccc(Nc3ccc(N)cc3)cc2)cc1. The fraction of sp³-hybridized carbons (Fsp3) is 0.0500. The molecule has 0 atom stereocenters. The van der Waals surface area contributed by atoms with E-state index in [2.05, 4.69) is 16.0 Å². The Morgan fingerprint density at radius 2 is 0.960 bits per heavy atom. The number of hydrogen-bond acceptors (Lipinski definition) is 4. The number of rotatable bonds is 5. The minimum Gasteiger partial charge on any atom is -0.399 e. The third kappa shape index (κ3) is 4.75. The summed E-state index contributed by atoms with van der Waals surface area (Å²) in [5, 5.41) is 9.40. The molecule has 0 radical (unpaired) electrons. The molecule has 0 saturated heterocycles. The maximum atomic E-state index is 11.0. The molecule has 0 fully saturated rings. The van der Waals surface area contributed by atoms with Crippen molar-refractivity contribution in [3.8, 4) is 0 Å². The molecule has 126 valence electrons. The average Bonchev–Trinajstić information content (AvgIpc) is 2.60. The molecule has 5 nitrogen and oxygen atoms in total. The third-order valence-electron chi connectivity index (χ3n) is 3.58. The van der Waals surface area contributed by atoms with Crippen LogP contribution < -0.4 is 21.7 Å². The molecule has 25 heavy (non-hydrogen) atoms. The second-order valence-corrected chi connectivity index (χ2v) is 5.71. The van der Waals surface area contributed by atoms with Crippen molar-refractivity contribution in [1.29, 1.82) is 0 Å². The van der Waals surface area contributed by atoms with Gasteiger partial charge in [0.15, 0.2) is 0 Å². The zero-order chi connectivity index (χ0) is 17.6. The third-order valence-corrected chi connectivity index (χ3v) is 3.58. The quantitative estimate of drug-likeness (QED) is 0.510. The molecule has 0 aliphatic rings. The van der Waals surface area contributed by atoms with Crippen molar-refractivity contribution in [3.05, 3.63) is 72.8 Å². The molecule has 0 unspecified atom stereocenters. The highest BCUT2D eigenvalue weighted by Gasteiger charge is 1.99. The van der Waals surface area contributed by atoms with E-state index in [4.69, 9.17) is 5.73 Å². The Morgan fingerprint density at radius 1 is 0.640 bits per heavy atom. The van der Waals surface area contributed by atoms with Crippen LogP contribution in [0.5, 0.6) is 0 Å². The summed E-state index contributed by atoms with van der Waals surface area (Å²) < 4.78 is 0. The predicted molar refractivity (Wildman–Crippen MR) is 105 cm³/mol. The summed E-state index contributed by atoms with van der Waals surface area (Å²) >= 11 is 0. The van der Waals surface area contributed by atoms with Crippen molar-refractivity contribution < 1.29 is 4.79 Å². The number of hydrogen-bond donors (Lipinski definition) is 4. The second kappa shape index (κ2) is 7.40. The minimum atomic E-state index is -0.0788. The lowest BCUT2D eigenvalue weighted by atomic mass is 10.2. The molecule has 0 saturated carbocycles. The first kappa shape index (κ1) is 16.4. The number of amides is 1. The van der Waals surface area contributed by atoms with E-state index in [9.17, 15) is 4.79 Å². The van der Waals surface area contributed by atoms with Gasteiger partial charge in [-0.05, 0) is 72.8 Å². The van der Waals surface area contributed by atoms with E-state index in [1.807, 2.05) is 72.8 Å². The van der Waals surface area contributed by atoms with Gasteiger partial charge in [0.2, 0.25) is 5.91 Å². The molecule has 0 aliphatic carbocycles. The van der Waals surface area contributed by atoms with Crippen molar-refractivity contribution in [2.75, 3.05) is 21.7 Å². The van der Waals surface area contributed by atoms with Crippen molar-refractivity contribution in [2.24, 2.45) is 0 Å². The Labute approximate surface area is 146 Å². The standard InChI is InChI=1S/C20H20N4O/c1-14(25)22-16-6-8-18(9-7-16)24-20-12-10-19(11-13-20)23-17-4-2-15(21)3-5-17/h2-13,23-24H,21H2,1H3,(H,22,25). The van der Waals surface area contributed by atoms with E-state index >= 15 is 0 Å². The molecule has 0 heterocycles. The van der Waals surface area contributed by atoms with Gasteiger partial charge in [-0.2, -0.15) is 0 Å². The molecule has 0 bridgehead atoms. The lowest BCUT2D eigenvalue weighted by molar-refractivity contribution is -0.114. The van der Waals surface area contributed by atoms with Gasteiger partial charge in [-0.3, -0.25) is 4.79 Å². The van der Waals surface area contributed by atoms with Gasteiger partial charge < -0.3 is 21.7 Å². The van der Waals surface area contributed by atoms with Gasteiger partial charge in [-0.25, -0.2) is 0 Å². The summed E-state index contributed by atoms with van der Waals surface area (Å²) in [4.78, 5) is 11.0. The number of benzene rings is 3. The minimum absolute atomic E-state index is 0.0788. The predicted octanol–water partition coefficient (Wildman–Crippen LogP) is 4.71. The normalized spacial score (nSPS) is 10.1. The number of nitrogens with one attached hydrogen (secondary N) is 3. The molecule has 3 aromatic rings. The lowest BCUT2D eigenvalue weighted by Crippen LogP contribution is -2.05. The number of anilines is 6. The Balaban J connectivity index is 1.62. The smallest absolute Gasteiger partial charge is 0.221 e. The average molecular weight is 332 g/mol. The van der Waals surface area contributed by atoms with E-state index in [0.717, 1.165) is 34.1 Å². The first-order valence-corrected chi connectivity index (χ1v) is 7.96. The Morgan fingerprint density at radius 3 is 1.32 bits per heavy atom. The summed E-state index contributed by atoms with van der Waals surface area (Å²) in [6, 6.07) is 23.2. The first-order valence-electron chi connectivity index (χ1n) is 7.96.